The van der Waals surface area contributed by atoms with Gasteiger partial charge in [-0.1, -0.05) is 11.2 Å². The second-order valence-corrected chi connectivity index (χ2v) is 5.11. The van der Waals surface area contributed by atoms with Crippen molar-refractivity contribution in [3.63, 3.8) is 0 Å². The van der Waals surface area contributed by atoms with Gasteiger partial charge in [-0.15, -0.1) is 0 Å². The van der Waals surface area contributed by atoms with Gasteiger partial charge in [0, 0.05) is 18.4 Å². The van der Waals surface area contributed by atoms with E-state index in [0.717, 1.165) is 16.5 Å². The third kappa shape index (κ3) is 3.81. The summed E-state index contributed by atoms with van der Waals surface area (Å²) in [4.78, 5) is 22.2. The lowest BCUT2D eigenvalue weighted by Crippen LogP contribution is -2.26. The minimum absolute atomic E-state index is 0.0472. The van der Waals surface area contributed by atoms with Crippen LogP contribution in [0.2, 0.25) is 0 Å². The number of aryl methyl sites for hydroxylation is 2. The van der Waals surface area contributed by atoms with E-state index in [1.807, 2.05) is 26.0 Å². The minimum atomic E-state index is -0.863. The largest absolute Gasteiger partial charge is 0.481 e. The minimum Gasteiger partial charge on any atom is -0.481 e. The lowest BCUT2D eigenvalue weighted by atomic mass is 10.1. The van der Waals surface area contributed by atoms with Crippen molar-refractivity contribution in [3.05, 3.63) is 29.0 Å². The molecule has 1 heterocycles. The molecule has 1 aromatic heterocycles. The number of carbonyl (C=O) groups excluding carboxylic acids is 1. The molecule has 1 amide bonds. The van der Waals surface area contributed by atoms with Gasteiger partial charge in [0.1, 0.15) is 5.69 Å². The van der Waals surface area contributed by atoms with Crippen molar-refractivity contribution < 1.29 is 19.2 Å². The summed E-state index contributed by atoms with van der Waals surface area (Å²) < 4.78 is 5.29. The van der Waals surface area contributed by atoms with E-state index in [1.165, 1.54) is 0 Å². The fourth-order valence-electron chi connectivity index (χ4n) is 2.25. The molecule has 0 spiro atoms. The first-order valence-electron chi connectivity index (χ1n) is 6.81. The van der Waals surface area contributed by atoms with Gasteiger partial charge in [0.15, 0.2) is 5.58 Å². The Morgan fingerprint density at radius 1 is 1.33 bits per heavy atom. The summed E-state index contributed by atoms with van der Waals surface area (Å²) in [6.45, 7) is 4.27. The van der Waals surface area contributed by atoms with Crippen molar-refractivity contribution in [2.75, 3.05) is 6.54 Å². The molecule has 0 saturated heterocycles. The highest BCUT2D eigenvalue weighted by molar-refractivity contribution is 5.88. The number of carboxylic acid groups (broad SMARTS) is 1. The van der Waals surface area contributed by atoms with Crippen LogP contribution in [0.15, 0.2) is 16.7 Å². The maximum absolute atomic E-state index is 11.8. The molecule has 0 aliphatic carbocycles. The molecule has 1 aromatic carbocycles. The van der Waals surface area contributed by atoms with Gasteiger partial charge in [-0.3, -0.25) is 9.59 Å². The molecular formula is C15H18N2O4. The summed E-state index contributed by atoms with van der Waals surface area (Å²) >= 11 is 0. The molecule has 2 aromatic rings. The molecule has 112 valence electrons. The predicted molar refractivity (Wildman–Crippen MR) is 77.1 cm³/mol. The van der Waals surface area contributed by atoms with E-state index < -0.39 is 5.97 Å². The molecule has 0 aliphatic rings. The molecule has 0 bridgehead atoms. The molecule has 0 unspecified atom stereocenters. The average Bonchev–Trinajstić information content (AvgIpc) is 2.78. The first-order valence-corrected chi connectivity index (χ1v) is 6.81. The van der Waals surface area contributed by atoms with E-state index in [4.69, 9.17) is 9.63 Å². The van der Waals surface area contributed by atoms with Crippen molar-refractivity contribution in [1.82, 2.24) is 10.5 Å². The van der Waals surface area contributed by atoms with Crippen LogP contribution < -0.4 is 5.32 Å². The van der Waals surface area contributed by atoms with E-state index in [0.29, 0.717) is 24.2 Å². The van der Waals surface area contributed by atoms with Gasteiger partial charge in [0.05, 0.1) is 6.42 Å². The maximum atomic E-state index is 11.8. The van der Waals surface area contributed by atoms with Crippen LogP contribution in [0.3, 0.4) is 0 Å². The quantitative estimate of drug-likeness (QED) is 0.793. The number of aromatic nitrogens is 1. The van der Waals surface area contributed by atoms with Crippen LogP contribution in [-0.4, -0.2) is 28.7 Å². The van der Waals surface area contributed by atoms with E-state index >= 15 is 0 Å². The number of aliphatic carboxylic acids is 1. The van der Waals surface area contributed by atoms with E-state index in [9.17, 15) is 9.59 Å². The molecule has 0 atom stereocenters. The van der Waals surface area contributed by atoms with Gasteiger partial charge in [0.2, 0.25) is 5.91 Å². The number of benzene rings is 1. The van der Waals surface area contributed by atoms with E-state index in [2.05, 4.69) is 10.5 Å². The molecule has 6 heteroatoms. The van der Waals surface area contributed by atoms with Crippen molar-refractivity contribution in [2.24, 2.45) is 0 Å². The van der Waals surface area contributed by atoms with Crippen LogP contribution in [0, 0.1) is 13.8 Å². The number of fused-ring (bicyclic) bond motifs is 1. The first kappa shape index (κ1) is 15.0. The predicted octanol–water partition coefficient (Wildman–Crippen LogP) is 1.97. The van der Waals surface area contributed by atoms with Gasteiger partial charge in [0.25, 0.3) is 0 Å². The third-order valence-corrected chi connectivity index (χ3v) is 3.19. The lowest BCUT2D eigenvalue weighted by Gasteiger charge is -2.03. The zero-order valence-corrected chi connectivity index (χ0v) is 12.1. The zero-order valence-electron chi connectivity index (χ0n) is 12.1. The Hall–Kier alpha value is -2.37. The van der Waals surface area contributed by atoms with Gasteiger partial charge in [-0.05, 0) is 37.5 Å². The molecule has 0 radical (unpaired) electrons. The molecule has 0 aliphatic heterocycles. The average molecular weight is 290 g/mol. The maximum Gasteiger partial charge on any atom is 0.303 e. The lowest BCUT2D eigenvalue weighted by molar-refractivity contribution is -0.137. The van der Waals surface area contributed by atoms with Crippen LogP contribution in [0.1, 0.15) is 29.7 Å². The van der Waals surface area contributed by atoms with Crippen LogP contribution in [0.4, 0.5) is 0 Å². The number of hydrogen-bond donors (Lipinski definition) is 2. The Morgan fingerprint density at radius 2 is 2.10 bits per heavy atom. The van der Waals surface area contributed by atoms with Gasteiger partial charge < -0.3 is 14.9 Å². The zero-order chi connectivity index (χ0) is 15.4. The summed E-state index contributed by atoms with van der Waals surface area (Å²) in [5.74, 6) is -1.05. The van der Waals surface area contributed by atoms with Crippen LogP contribution in [0.5, 0.6) is 0 Å². The molecule has 21 heavy (non-hydrogen) atoms. The Morgan fingerprint density at radius 3 is 2.81 bits per heavy atom. The summed E-state index contributed by atoms with van der Waals surface area (Å²) in [6, 6.07) is 3.95. The van der Waals surface area contributed by atoms with Crippen molar-refractivity contribution in [2.45, 2.75) is 33.1 Å². The van der Waals surface area contributed by atoms with Crippen molar-refractivity contribution in [3.8, 4) is 0 Å². The standard InChI is InChI=1S/C15H18N2O4/c1-9-6-10(2)15-11(7-9)12(17-21-15)8-13(18)16-5-3-4-14(19)20/h6-7H,3-5,8H2,1-2H3,(H,16,18)(H,19,20). The van der Waals surface area contributed by atoms with Gasteiger partial charge in [-0.2, -0.15) is 0 Å². The second-order valence-electron chi connectivity index (χ2n) is 5.11. The van der Waals surface area contributed by atoms with Gasteiger partial charge in [-0.25, -0.2) is 0 Å². The normalized spacial score (nSPS) is 10.8. The Kier molecular flexibility index (Phi) is 4.57. The van der Waals surface area contributed by atoms with E-state index in [1.54, 1.807) is 0 Å². The van der Waals surface area contributed by atoms with E-state index in [-0.39, 0.29) is 18.7 Å². The van der Waals surface area contributed by atoms with Crippen molar-refractivity contribution in [1.29, 1.82) is 0 Å². The number of nitrogens with zero attached hydrogens (tertiary/aromatic N) is 1. The highest BCUT2D eigenvalue weighted by Crippen LogP contribution is 2.23. The second kappa shape index (κ2) is 6.39. The molecule has 2 N–H and O–H groups in total. The molecule has 0 saturated carbocycles. The monoisotopic (exact) mass is 290 g/mol. The highest BCUT2D eigenvalue weighted by atomic mass is 16.5. The summed E-state index contributed by atoms with van der Waals surface area (Å²) in [5, 5.41) is 16.0. The van der Waals surface area contributed by atoms with Crippen LogP contribution >= 0.6 is 0 Å². The SMILES string of the molecule is Cc1cc(C)c2onc(CC(=O)NCCCC(=O)O)c2c1. The third-order valence-electron chi connectivity index (χ3n) is 3.19. The smallest absolute Gasteiger partial charge is 0.303 e. The summed E-state index contributed by atoms with van der Waals surface area (Å²) in [6.07, 6.45) is 0.591. The number of nitrogens with one attached hydrogen (secondary N) is 1. The number of carboxylic acids is 1. The fraction of sp³-hybridized carbons (Fsp3) is 0.400. The topological polar surface area (TPSA) is 92.4 Å². The number of amides is 1. The Balaban J connectivity index is 2.00. The summed E-state index contributed by atoms with van der Waals surface area (Å²) in [5.41, 5.74) is 3.39. The molecular weight excluding hydrogens is 272 g/mol. The van der Waals surface area contributed by atoms with Crippen LogP contribution in [-0.2, 0) is 16.0 Å². The summed E-state index contributed by atoms with van der Waals surface area (Å²) in [7, 11) is 0. The van der Waals surface area contributed by atoms with Crippen LogP contribution in [0.25, 0.3) is 11.0 Å². The molecule has 6 nitrogen and oxygen atoms in total. The Labute approximate surface area is 122 Å². The Bertz CT molecular complexity index is 676. The fourth-order valence-corrected chi connectivity index (χ4v) is 2.25. The van der Waals surface area contributed by atoms with Gasteiger partial charge >= 0.3 is 5.97 Å². The number of rotatable bonds is 6. The number of carbonyl (C=O) groups is 2. The van der Waals surface area contributed by atoms with Crippen molar-refractivity contribution >= 4 is 22.8 Å². The first-order chi connectivity index (χ1) is 9.97. The molecule has 2 rings (SSSR count). The number of hydrogen-bond acceptors (Lipinski definition) is 4. The molecule has 0 fully saturated rings. The highest BCUT2D eigenvalue weighted by Gasteiger charge is 2.14.